The number of aromatic nitrogens is 2. The highest BCUT2D eigenvalue weighted by Gasteiger charge is 2.17. The van der Waals surface area contributed by atoms with E-state index < -0.39 is 0 Å². The first-order valence-electron chi connectivity index (χ1n) is 7.31. The SMILES string of the molecule is Cc1cc(N2CCN(C=O)CC2)nc(NCc2ccco2)n1. The highest BCUT2D eigenvalue weighted by Crippen LogP contribution is 2.17. The van der Waals surface area contributed by atoms with Gasteiger partial charge >= 0.3 is 0 Å². The molecule has 1 fully saturated rings. The Morgan fingerprint density at radius 1 is 1.32 bits per heavy atom. The quantitative estimate of drug-likeness (QED) is 0.838. The Bertz CT molecular complexity index is 621. The maximum absolute atomic E-state index is 10.8. The summed E-state index contributed by atoms with van der Waals surface area (Å²) in [7, 11) is 0. The van der Waals surface area contributed by atoms with Gasteiger partial charge < -0.3 is 19.5 Å². The molecule has 7 heteroatoms. The van der Waals surface area contributed by atoms with E-state index in [4.69, 9.17) is 4.42 Å². The average molecular weight is 301 g/mol. The summed E-state index contributed by atoms with van der Waals surface area (Å²) < 4.78 is 5.29. The van der Waals surface area contributed by atoms with E-state index >= 15 is 0 Å². The largest absolute Gasteiger partial charge is 0.467 e. The van der Waals surface area contributed by atoms with Gasteiger partial charge in [0.2, 0.25) is 12.4 Å². The molecule has 116 valence electrons. The number of anilines is 2. The molecule has 7 nitrogen and oxygen atoms in total. The number of carbonyl (C=O) groups excluding carboxylic acids is 1. The van der Waals surface area contributed by atoms with E-state index in [1.54, 1.807) is 11.2 Å². The maximum Gasteiger partial charge on any atom is 0.225 e. The fourth-order valence-electron chi connectivity index (χ4n) is 2.43. The predicted molar refractivity (Wildman–Crippen MR) is 82.7 cm³/mol. The Labute approximate surface area is 129 Å². The maximum atomic E-state index is 10.8. The topological polar surface area (TPSA) is 74.5 Å². The summed E-state index contributed by atoms with van der Waals surface area (Å²) in [5.74, 6) is 2.32. The van der Waals surface area contributed by atoms with E-state index in [0.717, 1.165) is 49.9 Å². The van der Waals surface area contributed by atoms with Gasteiger partial charge in [0.05, 0.1) is 12.8 Å². The van der Waals surface area contributed by atoms with Crippen LogP contribution in [-0.4, -0.2) is 47.5 Å². The second kappa shape index (κ2) is 6.46. The van der Waals surface area contributed by atoms with Crippen molar-refractivity contribution in [3.63, 3.8) is 0 Å². The Morgan fingerprint density at radius 2 is 2.14 bits per heavy atom. The van der Waals surface area contributed by atoms with E-state index in [2.05, 4.69) is 20.2 Å². The highest BCUT2D eigenvalue weighted by atomic mass is 16.3. The molecular weight excluding hydrogens is 282 g/mol. The number of rotatable bonds is 5. The van der Waals surface area contributed by atoms with Crippen molar-refractivity contribution in [3.8, 4) is 0 Å². The summed E-state index contributed by atoms with van der Waals surface area (Å²) >= 11 is 0. The number of aryl methyl sites for hydroxylation is 1. The first-order chi connectivity index (χ1) is 10.7. The lowest BCUT2D eigenvalue weighted by molar-refractivity contribution is -0.118. The molecule has 1 amide bonds. The second-order valence-electron chi connectivity index (χ2n) is 5.25. The number of carbonyl (C=O) groups is 1. The van der Waals surface area contributed by atoms with E-state index in [1.807, 2.05) is 25.1 Å². The van der Waals surface area contributed by atoms with E-state index in [9.17, 15) is 4.79 Å². The third kappa shape index (κ3) is 3.36. The van der Waals surface area contributed by atoms with Crippen LogP contribution in [0.5, 0.6) is 0 Å². The Balaban J connectivity index is 1.68. The van der Waals surface area contributed by atoms with Gasteiger partial charge in [-0.05, 0) is 19.1 Å². The van der Waals surface area contributed by atoms with Crippen molar-refractivity contribution in [3.05, 3.63) is 35.9 Å². The molecule has 0 bridgehead atoms. The highest BCUT2D eigenvalue weighted by molar-refractivity contribution is 5.50. The lowest BCUT2D eigenvalue weighted by atomic mass is 10.3. The molecule has 3 heterocycles. The summed E-state index contributed by atoms with van der Waals surface area (Å²) in [6, 6.07) is 5.73. The van der Waals surface area contributed by atoms with Gasteiger partial charge in [-0.2, -0.15) is 4.98 Å². The molecule has 1 aliphatic rings. The van der Waals surface area contributed by atoms with Crippen LogP contribution < -0.4 is 10.2 Å². The Morgan fingerprint density at radius 3 is 2.82 bits per heavy atom. The van der Waals surface area contributed by atoms with Crippen LogP contribution in [0, 0.1) is 6.92 Å². The van der Waals surface area contributed by atoms with E-state index in [0.29, 0.717) is 12.5 Å². The van der Waals surface area contributed by atoms with Gasteiger partial charge in [-0.3, -0.25) is 4.79 Å². The van der Waals surface area contributed by atoms with Crippen LogP contribution in [0.2, 0.25) is 0 Å². The van der Waals surface area contributed by atoms with Gasteiger partial charge in [0.25, 0.3) is 0 Å². The molecule has 3 rings (SSSR count). The van der Waals surface area contributed by atoms with Gasteiger partial charge in [0.15, 0.2) is 0 Å². The van der Waals surface area contributed by atoms with Crippen LogP contribution in [0.25, 0.3) is 0 Å². The lowest BCUT2D eigenvalue weighted by Crippen LogP contribution is -2.46. The van der Waals surface area contributed by atoms with Gasteiger partial charge in [0.1, 0.15) is 11.6 Å². The fraction of sp³-hybridized carbons (Fsp3) is 0.400. The van der Waals surface area contributed by atoms with Crippen LogP contribution in [0.1, 0.15) is 11.5 Å². The summed E-state index contributed by atoms with van der Waals surface area (Å²) in [5, 5.41) is 3.18. The van der Waals surface area contributed by atoms with Gasteiger partial charge in [0, 0.05) is 37.9 Å². The first kappa shape index (κ1) is 14.4. The van der Waals surface area contributed by atoms with Crippen LogP contribution in [0.4, 0.5) is 11.8 Å². The molecule has 1 aliphatic heterocycles. The summed E-state index contributed by atoms with van der Waals surface area (Å²) in [6.45, 7) is 5.52. The average Bonchev–Trinajstić information content (AvgIpc) is 3.06. The molecule has 0 radical (unpaired) electrons. The number of furan rings is 1. The number of nitrogens with zero attached hydrogens (tertiary/aromatic N) is 4. The molecule has 0 aliphatic carbocycles. The molecular formula is C15H19N5O2. The lowest BCUT2D eigenvalue weighted by Gasteiger charge is -2.33. The predicted octanol–water partition coefficient (Wildman–Crippen LogP) is 1.27. The Hall–Kier alpha value is -2.57. The molecule has 0 saturated carbocycles. The van der Waals surface area contributed by atoms with Gasteiger partial charge in [-0.25, -0.2) is 4.98 Å². The Kier molecular flexibility index (Phi) is 4.22. The van der Waals surface area contributed by atoms with Crippen LogP contribution in [0.3, 0.4) is 0 Å². The standard InChI is InChI=1S/C15H19N5O2/c1-12-9-14(20-6-4-19(11-21)5-7-20)18-15(17-12)16-10-13-3-2-8-22-13/h2-3,8-9,11H,4-7,10H2,1H3,(H,16,17,18). The minimum Gasteiger partial charge on any atom is -0.467 e. The molecule has 0 spiro atoms. The summed E-state index contributed by atoms with van der Waals surface area (Å²) in [4.78, 5) is 23.7. The van der Waals surface area contributed by atoms with Crippen molar-refractivity contribution in [2.45, 2.75) is 13.5 Å². The van der Waals surface area contributed by atoms with Crippen molar-refractivity contribution in [2.75, 3.05) is 36.4 Å². The summed E-state index contributed by atoms with van der Waals surface area (Å²) in [6.07, 6.45) is 2.55. The molecule has 0 atom stereocenters. The zero-order valence-electron chi connectivity index (χ0n) is 12.5. The monoisotopic (exact) mass is 301 g/mol. The number of hydrogen-bond acceptors (Lipinski definition) is 6. The smallest absolute Gasteiger partial charge is 0.225 e. The van der Waals surface area contributed by atoms with Crippen LogP contribution >= 0.6 is 0 Å². The number of nitrogens with one attached hydrogen (secondary N) is 1. The van der Waals surface area contributed by atoms with Crippen LogP contribution in [0.15, 0.2) is 28.9 Å². The van der Waals surface area contributed by atoms with Crippen molar-refractivity contribution in [1.82, 2.24) is 14.9 Å². The van der Waals surface area contributed by atoms with Crippen molar-refractivity contribution >= 4 is 18.2 Å². The summed E-state index contributed by atoms with van der Waals surface area (Å²) in [5.41, 5.74) is 0.907. The zero-order chi connectivity index (χ0) is 15.4. The van der Waals surface area contributed by atoms with Gasteiger partial charge in [-0.15, -0.1) is 0 Å². The third-order valence-corrected chi connectivity index (χ3v) is 3.63. The normalized spacial score (nSPS) is 15.0. The molecule has 0 unspecified atom stereocenters. The number of hydrogen-bond donors (Lipinski definition) is 1. The molecule has 2 aromatic heterocycles. The van der Waals surface area contributed by atoms with Crippen molar-refractivity contribution < 1.29 is 9.21 Å². The third-order valence-electron chi connectivity index (χ3n) is 3.63. The molecule has 2 aromatic rings. The molecule has 1 N–H and O–H groups in total. The first-order valence-corrected chi connectivity index (χ1v) is 7.31. The minimum absolute atomic E-state index is 0.550. The molecule has 22 heavy (non-hydrogen) atoms. The van der Waals surface area contributed by atoms with Gasteiger partial charge in [-0.1, -0.05) is 0 Å². The molecule has 1 saturated heterocycles. The minimum atomic E-state index is 0.550. The van der Waals surface area contributed by atoms with Crippen LogP contribution in [-0.2, 0) is 11.3 Å². The zero-order valence-corrected chi connectivity index (χ0v) is 12.5. The van der Waals surface area contributed by atoms with Crippen molar-refractivity contribution in [1.29, 1.82) is 0 Å². The number of piperazine rings is 1. The second-order valence-corrected chi connectivity index (χ2v) is 5.25. The van der Waals surface area contributed by atoms with E-state index in [-0.39, 0.29) is 0 Å². The molecule has 0 aromatic carbocycles. The number of amides is 1. The fourth-order valence-corrected chi connectivity index (χ4v) is 2.43. The van der Waals surface area contributed by atoms with Crippen molar-refractivity contribution in [2.24, 2.45) is 0 Å². The van der Waals surface area contributed by atoms with E-state index in [1.165, 1.54) is 0 Å².